The molecule has 1 aliphatic carbocycles. The lowest BCUT2D eigenvalue weighted by atomic mass is 9.93. The zero-order valence-electron chi connectivity index (χ0n) is 14.0. The van der Waals surface area contributed by atoms with Gasteiger partial charge in [-0.25, -0.2) is 4.98 Å². The Morgan fingerprint density at radius 2 is 1.81 bits per heavy atom. The highest BCUT2D eigenvalue weighted by Crippen LogP contribution is 2.35. The van der Waals surface area contributed by atoms with Gasteiger partial charge >= 0.3 is 0 Å². The molecule has 0 aliphatic heterocycles. The normalized spacial score (nSPS) is 17.0. The van der Waals surface area contributed by atoms with Crippen LogP contribution in [0.3, 0.4) is 0 Å². The second-order valence-corrected chi connectivity index (χ2v) is 6.93. The summed E-state index contributed by atoms with van der Waals surface area (Å²) in [6.07, 6.45) is 7.48. The molecule has 26 heavy (non-hydrogen) atoms. The van der Waals surface area contributed by atoms with E-state index in [1.165, 1.54) is 11.1 Å². The van der Waals surface area contributed by atoms with Crippen LogP contribution in [-0.4, -0.2) is 4.98 Å². The van der Waals surface area contributed by atoms with Crippen molar-refractivity contribution >= 4 is 39.0 Å². The molecule has 3 heteroatoms. The third kappa shape index (κ3) is 2.54. The second-order valence-electron chi connectivity index (χ2n) is 6.53. The van der Waals surface area contributed by atoms with Gasteiger partial charge < -0.3 is 4.42 Å². The topological polar surface area (TPSA) is 26.0 Å². The molecule has 4 aromatic rings. The van der Waals surface area contributed by atoms with Gasteiger partial charge in [-0.15, -0.1) is 0 Å². The van der Waals surface area contributed by atoms with Crippen LogP contribution in [0.5, 0.6) is 0 Å². The van der Waals surface area contributed by atoms with Crippen molar-refractivity contribution in [2.24, 2.45) is 0 Å². The molecule has 1 atom stereocenters. The van der Waals surface area contributed by atoms with Crippen molar-refractivity contribution in [3.63, 3.8) is 0 Å². The first-order valence-electron chi connectivity index (χ1n) is 8.71. The standard InChI is InChI=1S/C23H16ClNO/c24-20-8-4-7-19-18(20)13-14-21-22(19)26-23(25-21)17-11-9-16(10-12-17)15-5-2-1-3-6-15/h1-11,13-14,17H,12H2. The molecule has 0 N–H and O–H groups in total. The molecule has 0 saturated carbocycles. The summed E-state index contributed by atoms with van der Waals surface area (Å²) >= 11 is 6.31. The van der Waals surface area contributed by atoms with Crippen molar-refractivity contribution < 1.29 is 4.42 Å². The summed E-state index contributed by atoms with van der Waals surface area (Å²) in [6.45, 7) is 0. The molecule has 0 saturated heterocycles. The van der Waals surface area contributed by atoms with Crippen molar-refractivity contribution in [2.45, 2.75) is 12.3 Å². The number of oxazole rings is 1. The number of nitrogens with zero attached hydrogens (tertiary/aromatic N) is 1. The third-order valence-electron chi connectivity index (χ3n) is 4.90. The molecule has 0 bridgehead atoms. The zero-order valence-corrected chi connectivity index (χ0v) is 14.8. The van der Waals surface area contributed by atoms with Gasteiger partial charge in [-0.1, -0.05) is 78.4 Å². The molecular formula is C23H16ClNO. The summed E-state index contributed by atoms with van der Waals surface area (Å²) in [5.41, 5.74) is 4.17. The van der Waals surface area contributed by atoms with Crippen LogP contribution in [0.4, 0.5) is 0 Å². The quantitative estimate of drug-likeness (QED) is 0.396. The lowest BCUT2D eigenvalue weighted by Crippen LogP contribution is -1.98. The fourth-order valence-corrected chi connectivity index (χ4v) is 3.77. The van der Waals surface area contributed by atoms with Crippen LogP contribution < -0.4 is 0 Å². The second kappa shape index (κ2) is 6.15. The number of rotatable bonds is 2. The van der Waals surface area contributed by atoms with E-state index in [9.17, 15) is 0 Å². The molecule has 1 aliphatic rings. The maximum absolute atomic E-state index is 6.31. The minimum Gasteiger partial charge on any atom is -0.439 e. The Morgan fingerprint density at radius 1 is 0.923 bits per heavy atom. The van der Waals surface area contributed by atoms with E-state index in [0.29, 0.717) is 0 Å². The van der Waals surface area contributed by atoms with Crippen LogP contribution in [0.1, 0.15) is 23.8 Å². The van der Waals surface area contributed by atoms with Crippen molar-refractivity contribution in [1.82, 2.24) is 4.98 Å². The van der Waals surface area contributed by atoms with Crippen LogP contribution in [0.2, 0.25) is 5.02 Å². The molecule has 1 aromatic heterocycles. The fraction of sp³-hybridized carbons (Fsp3) is 0.0870. The third-order valence-corrected chi connectivity index (χ3v) is 5.23. The van der Waals surface area contributed by atoms with E-state index in [4.69, 9.17) is 21.0 Å². The predicted octanol–water partition coefficient (Wildman–Crippen LogP) is 6.76. The number of fused-ring (bicyclic) bond motifs is 3. The first-order valence-corrected chi connectivity index (χ1v) is 9.09. The van der Waals surface area contributed by atoms with E-state index in [2.05, 4.69) is 42.5 Å². The zero-order chi connectivity index (χ0) is 17.5. The average molecular weight is 358 g/mol. The number of hydrogen-bond acceptors (Lipinski definition) is 2. The van der Waals surface area contributed by atoms with Gasteiger partial charge in [0, 0.05) is 15.8 Å². The predicted molar refractivity (Wildman–Crippen MR) is 107 cm³/mol. The van der Waals surface area contributed by atoms with Crippen LogP contribution >= 0.6 is 11.6 Å². The van der Waals surface area contributed by atoms with Crippen LogP contribution in [0, 0.1) is 0 Å². The van der Waals surface area contributed by atoms with Gasteiger partial charge in [0.2, 0.25) is 5.89 Å². The van der Waals surface area contributed by atoms with Crippen molar-refractivity contribution in [3.8, 4) is 0 Å². The summed E-state index contributed by atoms with van der Waals surface area (Å²) in [4.78, 5) is 4.72. The van der Waals surface area contributed by atoms with Crippen LogP contribution in [0.25, 0.3) is 27.4 Å². The summed E-state index contributed by atoms with van der Waals surface area (Å²) < 4.78 is 6.17. The Bertz CT molecular complexity index is 1170. The number of benzene rings is 3. The minimum absolute atomic E-state index is 0.157. The average Bonchev–Trinajstić information content (AvgIpc) is 3.14. The highest BCUT2D eigenvalue weighted by Gasteiger charge is 2.19. The molecule has 0 amide bonds. The summed E-state index contributed by atoms with van der Waals surface area (Å²) in [5, 5.41) is 2.74. The molecule has 126 valence electrons. The van der Waals surface area contributed by atoms with Gasteiger partial charge in [-0.05, 0) is 29.7 Å². The summed E-state index contributed by atoms with van der Waals surface area (Å²) in [7, 11) is 0. The van der Waals surface area contributed by atoms with Gasteiger partial charge in [0.05, 0.1) is 5.92 Å². The Balaban J connectivity index is 1.51. The van der Waals surface area contributed by atoms with Gasteiger partial charge in [-0.2, -0.15) is 0 Å². The molecule has 1 heterocycles. The Hall–Kier alpha value is -2.84. The number of aromatic nitrogens is 1. The van der Waals surface area contributed by atoms with Crippen molar-refractivity contribution in [2.75, 3.05) is 0 Å². The van der Waals surface area contributed by atoms with E-state index in [0.717, 1.165) is 39.2 Å². The molecule has 3 aromatic carbocycles. The Morgan fingerprint density at radius 3 is 2.62 bits per heavy atom. The SMILES string of the molecule is Clc1cccc2c1ccc1nc(C3C=CC(c4ccccc4)=CC3)oc12. The number of allylic oxidation sites excluding steroid dienone is 4. The molecule has 0 radical (unpaired) electrons. The monoisotopic (exact) mass is 357 g/mol. The molecule has 0 fully saturated rings. The molecule has 5 rings (SSSR count). The van der Waals surface area contributed by atoms with E-state index >= 15 is 0 Å². The van der Waals surface area contributed by atoms with Crippen molar-refractivity contribution in [1.29, 1.82) is 0 Å². The maximum Gasteiger partial charge on any atom is 0.202 e. The first-order chi connectivity index (χ1) is 12.8. The van der Waals surface area contributed by atoms with Crippen LogP contribution in [0.15, 0.2) is 83.3 Å². The molecular weight excluding hydrogens is 342 g/mol. The fourth-order valence-electron chi connectivity index (χ4n) is 3.53. The lowest BCUT2D eigenvalue weighted by molar-refractivity contribution is 0.507. The number of hydrogen-bond donors (Lipinski definition) is 0. The first kappa shape index (κ1) is 15.4. The highest BCUT2D eigenvalue weighted by molar-refractivity contribution is 6.36. The Kier molecular flexibility index (Phi) is 3.65. The molecule has 2 nitrogen and oxygen atoms in total. The smallest absolute Gasteiger partial charge is 0.202 e. The molecule has 0 spiro atoms. The molecule has 1 unspecified atom stereocenters. The van der Waals surface area contributed by atoms with Gasteiger partial charge in [0.1, 0.15) is 5.52 Å². The lowest BCUT2D eigenvalue weighted by Gasteiger charge is -2.13. The largest absolute Gasteiger partial charge is 0.439 e. The van der Waals surface area contributed by atoms with Gasteiger partial charge in [-0.3, -0.25) is 0 Å². The van der Waals surface area contributed by atoms with Crippen molar-refractivity contribution in [3.05, 3.63) is 95.4 Å². The maximum atomic E-state index is 6.31. The van der Waals surface area contributed by atoms with E-state index in [1.54, 1.807) is 0 Å². The highest BCUT2D eigenvalue weighted by atomic mass is 35.5. The number of halogens is 1. The minimum atomic E-state index is 0.157. The van der Waals surface area contributed by atoms with E-state index in [1.807, 2.05) is 36.4 Å². The van der Waals surface area contributed by atoms with Gasteiger partial charge in [0.25, 0.3) is 0 Å². The van der Waals surface area contributed by atoms with Crippen LogP contribution in [-0.2, 0) is 0 Å². The van der Waals surface area contributed by atoms with E-state index in [-0.39, 0.29) is 5.92 Å². The Labute approximate surface area is 156 Å². The van der Waals surface area contributed by atoms with E-state index < -0.39 is 0 Å². The van der Waals surface area contributed by atoms with Gasteiger partial charge in [0.15, 0.2) is 5.58 Å². The summed E-state index contributed by atoms with van der Waals surface area (Å²) in [5.74, 6) is 0.913. The summed E-state index contributed by atoms with van der Waals surface area (Å²) in [6, 6.07) is 20.3.